The zero-order valence-corrected chi connectivity index (χ0v) is 10.6. The molecule has 0 radical (unpaired) electrons. The van der Waals surface area contributed by atoms with Gasteiger partial charge in [0.15, 0.2) is 0 Å². The van der Waals surface area contributed by atoms with Crippen molar-refractivity contribution in [2.24, 2.45) is 11.8 Å². The van der Waals surface area contributed by atoms with E-state index in [0.717, 1.165) is 23.4 Å². The van der Waals surface area contributed by atoms with Gasteiger partial charge in [0.1, 0.15) is 0 Å². The van der Waals surface area contributed by atoms with E-state index in [1.54, 1.807) is 0 Å². The first-order valence-corrected chi connectivity index (χ1v) is 6.56. The van der Waals surface area contributed by atoms with Gasteiger partial charge < -0.3 is 5.32 Å². The van der Waals surface area contributed by atoms with Gasteiger partial charge >= 0.3 is 0 Å². The van der Waals surface area contributed by atoms with Gasteiger partial charge in [0.05, 0.1) is 0 Å². The Morgan fingerprint density at radius 3 is 2.88 bits per heavy atom. The molecule has 0 heterocycles. The van der Waals surface area contributed by atoms with Crippen molar-refractivity contribution in [3.8, 4) is 0 Å². The molecule has 1 fully saturated rings. The lowest BCUT2D eigenvalue weighted by atomic mass is 9.89. The maximum absolute atomic E-state index is 6.02. The van der Waals surface area contributed by atoms with E-state index in [1.165, 1.54) is 31.2 Å². The molecule has 88 valence electrons. The summed E-state index contributed by atoms with van der Waals surface area (Å²) < 4.78 is 0. The van der Waals surface area contributed by atoms with Gasteiger partial charge in [-0.05, 0) is 62.4 Å². The van der Waals surface area contributed by atoms with Gasteiger partial charge in [-0.25, -0.2) is 0 Å². The highest BCUT2D eigenvalue weighted by atomic mass is 35.5. The average molecular weight is 238 g/mol. The summed E-state index contributed by atoms with van der Waals surface area (Å²) in [6.07, 6.45) is 5.33. The van der Waals surface area contributed by atoms with Gasteiger partial charge in [-0.3, -0.25) is 0 Å². The van der Waals surface area contributed by atoms with Crippen LogP contribution in [0.1, 0.15) is 24.8 Å². The number of halogens is 1. The molecule has 16 heavy (non-hydrogen) atoms. The minimum absolute atomic E-state index is 0.839. The normalized spacial score (nSPS) is 24.9. The summed E-state index contributed by atoms with van der Waals surface area (Å²) in [4.78, 5) is 0. The molecule has 1 aliphatic carbocycles. The monoisotopic (exact) mass is 237 g/mol. The lowest BCUT2D eigenvalue weighted by Gasteiger charge is -2.19. The summed E-state index contributed by atoms with van der Waals surface area (Å²) in [6.45, 7) is 1.16. The first-order chi connectivity index (χ1) is 7.79. The van der Waals surface area contributed by atoms with Crippen LogP contribution in [0.3, 0.4) is 0 Å². The third-order valence-electron chi connectivity index (χ3n) is 3.67. The first-order valence-electron chi connectivity index (χ1n) is 6.18. The fraction of sp³-hybridized carbons (Fsp3) is 0.571. The van der Waals surface area contributed by atoms with E-state index < -0.39 is 0 Å². The van der Waals surface area contributed by atoms with Crippen LogP contribution in [0.4, 0.5) is 0 Å². The molecule has 1 saturated carbocycles. The molecule has 0 aliphatic heterocycles. The molecule has 0 bridgehead atoms. The average Bonchev–Trinajstić information content (AvgIpc) is 2.66. The zero-order chi connectivity index (χ0) is 11.4. The maximum Gasteiger partial charge on any atom is 0.0408 e. The number of rotatable bonds is 4. The van der Waals surface area contributed by atoms with E-state index in [9.17, 15) is 0 Å². The molecule has 1 aromatic carbocycles. The second kappa shape index (κ2) is 5.70. The predicted molar refractivity (Wildman–Crippen MR) is 69.9 cm³/mol. The molecular formula is C14H20ClN. The minimum Gasteiger partial charge on any atom is -0.319 e. The molecule has 1 N–H and O–H groups in total. The van der Waals surface area contributed by atoms with E-state index >= 15 is 0 Å². The summed E-state index contributed by atoms with van der Waals surface area (Å²) >= 11 is 6.02. The van der Waals surface area contributed by atoms with Crippen molar-refractivity contribution in [3.63, 3.8) is 0 Å². The quantitative estimate of drug-likeness (QED) is 0.845. The maximum atomic E-state index is 6.02. The molecule has 2 atom stereocenters. The van der Waals surface area contributed by atoms with Crippen LogP contribution in [0.25, 0.3) is 0 Å². The van der Waals surface area contributed by atoms with E-state index in [4.69, 9.17) is 11.6 Å². The van der Waals surface area contributed by atoms with Crippen molar-refractivity contribution in [1.29, 1.82) is 0 Å². The van der Waals surface area contributed by atoms with Crippen molar-refractivity contribution in [3.05, 3.63) is 34.9 Å². The van der Waals surface area contributed by atoms with Gasteiger partial charge in [-0.1, -0.05) is 30.2 Å². The first kappa shape index (κ1) is 11.9. The van der Waals surface area contributed by atoms with Gasteiger partial charge in [-0.15, -0.1) is 0 Å². The van der Waals surface area contributed by atoms with Crippen molar-refractivity contribution < 1.29 is 0 Å². The number of nitrogens with one attached hydrogen (secondary N) is 1. The van der Waals surface area contributed by atoms with Crippen LogP contribution in [0.5, 0.6) is 0 Å². The summed E-state index contributed by atoms with van der Waals surface area (Å²) in [6, 6.07) is 8.31. The van der Waals surface area contributed by atoms with Gasteiger partial charge in [0.2, 0.25) is 0 Å². The van der Waals surface area contributed by atoms with E-state index in [0.29, 0.717) is 0 Å². The highest BCUT2D eigenvalue weighted by Gasteiger charge is 2.26. The van der Waals surface area contributed by atoms with Crippen LogP contribution in [0.2, 0.25) is 5.02 Å². The van der Waals surface area contributed by atoms with E-state index in [2.05, 4.69) is 30.6 Å². The van der Waals surface area contributed by atoms with Crippen LogP contribution in [0.15, 0.2) is 24.3 Å². The van der Waals surface area contributed by atoms with Crippen molar-refractivity contribution in [2.75, 3.05) is 13.6 Å². The summed E-state index contributed by atoms with van der Waals surface area (Å²) in [7, 11) is 2.05. The number of hydrogen-bond acceptors (Lipinski definition) is 1. The zero-order valence-electron chi connectivity index (χ0n) is 9.88. The van der Waals surface area contributed by atoms with Crippen LogP contribution >= 0.6 is 11.6 Å². The molecule has 1 aromatic rings. The Balaban J connectivity index is 1.98. The Labute approximate surface area is 103 Å². The fourth-order valence-electron chi connectivity index (χ4n) is 2.88. The Morgan fingerprint density at radius 2 is 2.12 bits per heavy atom. The summed E-state index contributed by atoms with van der Waals surface area (Å²) in [5, 5.41) is 4.17. The second-order valence-electron chi connectivity index (χ2n) is 4.84. The molecule has 1 aliphatic rings. The van der Waals surface area contributed by atoms with Gasteiger partial charge in [0.25, 0.3) is 0 Å². The Bertz CT molecular complexity index is 337. The Kier molecular flexibility index (Phi) is 4.25. The highest BCUT2D eigenvalue weighted by molar-refractivity contribution is 6.30. The molecule has 1 nitrogen and oxygen atoms in total. The van der Waals surface area contributed by atoms with Crippen molar-refractivity contribution in [2.45, 2.75) is 25.7 Å². The Hall–Kier alpha value is -0.530. The van der Waals surface area contributed by atoms with E-state index in [1.807, 2.05) is 6.07 Å². The second-order valence-corrected chi connectivity index (χ2v) is 5.28. The third kappa shape index (κ3) is 2.99. The molecule has 0 amide bonds. The lowest BCUT2D eigenvalue weighted by molar-refractivity contribution is 0.374. The molecule has 0 saturated heterocycles. The van der Waals surface area contributed by atoms with E-state index in [-0.39, 0.29) is 0 Å². The van der Waals surface area contributed by atoms with Crippen molar-refractivity contribution in [1.82, 2.24) is 5.32 Å². The fourth-order valence-corrected chi connectivity index (χ4v) is 3.09. The predicted octanol–water partition coefficient (Wildman–Crippen LogP) is 3.52. The largest absolute Gasteiger partial charge is 0.319 e. The van der Waals surface area contributed by atoms with Crippen LogP contribution < -0.4 is 5.32 Å². The smallest absolute Gasteiger partial charge is 0.0408 e. The summed E-state index contributed by atoms with van der Waals surface area (Å²) in [5.41, 5.74) is 1.39. The molecule has 0 spiro atoms. The Morgan fingerprint density at radius 1 is 1.31 bits per heavy atom. The lowest BCUT2D eigenvalue weighted by Crippen LogP contribution is -2.23. The minimum atomic E-state index is 0.839. The SMILES string of the molecule is CNCC1CCCC1Cc1cccc(Cl)c1. The molecule has 2 heteroatoms. The van der Waals surface area contributed by atoms with Crippen LogP contribution in [-0.2, 0) is 6.42 Å². The molecule has 2 rings (SSSR count). The van der Waals surface area contributed by atoms with Gasteiger partial charge in [0, 0.05) is 5.02 Å². The molecular weight excluding hydrogens is 218 g/mol. The topological polar surface area (TPSA) is 12.0 Å². The number of benzene rings is 1. The molecule has 0 aromatic heterocycles. The van der Waals surface area contributed by atoms with Gasteiger partial charge in [-0.2, -0.15) is 0 Å². The van der Waals surface area contributed by atoms with Crippen LogP contribution in [0, 0.1) is 11.8 Å². The van der Waals surface area contributed by atoms with Crippen LogP contribution in [-0.4, -0.2) is 13.6 Å². The summed E-state index contributed by atoms with van der Waals surface area (Å²) in [5.74, 6) is 1.69. The molecule has 2 unspecified atom stereocenters. The number of hydrogen-bond donors (Lipinski definition) is 1. The van der Waals surface area contributed by atoms with Crippen molar-refractivity contribution >= 4 is 11.6 Å². The third-order valence-corrected chi connectivity index (χ3v) is 3.90. The standard InChI is InChI=1S/C14H20ClN/c1-16-10-13-6-3-5-12(13)8-11-4-2-7-14(15)9-11/h2,4,7,9,12-13,16H,3,5-6,8,10H2,1H3. The highest BCUT2D eigenvalue weighted by Crippen LogP contribution is 2.34.